The van der Waals surface area contributed by atoms with Crippen molar-refractivity contribution in [2.24, 2.45) is 22.7 Å². The molecule has 1 amide bonds. The molecule has 7 nitrogen and oxygen atoms in total. The number of anilines is 2. The molecule has 2 aromatic rings. The molecule has 2 fully saturated rings. The van der Waals surface area contributed by atoms with E-state index in [0.717, 1.165) is 30.5 Å². The van der Waals surface area contributed by atoms with Gasteiger partial charge in [-0.05, 0) is 49.1 Å². The van der Waals surface area contributed by atoms with Crippen LogP contribution in [0.2, 0.25) is 5.02 Å². The van der Waals surface area contributed by atoms with Gasteiger partial charge in [0.2, 0.25) is 5.91 Å². The number of carbonyl (C=O) groups excluding carboxylic acids is 1. The minimum Gasteiger partial charge on any atom is -0.478 e. The molecule has 6 atom stereocenters. The molecule has 3 aliphatic heterocycles. The third-order valence-corrected chi connectivity index (χ3v) is 10.3. The van der Waals surface area contributed by atoms with Gasteiger partial charge in [0.05, 0.1) is 16.6 Å². The summed E-state index contributed by atoms with van der Waals surface area (Å²) in [6.07, 6.45) is 7.44. The maximum atomic E-state index is 16.1. The molecule has 7 rings (SSSR count). The minimum atomic E-state index is -1.49. The molecule has 41 heavy (non-hydrogen) atoms. The van der Waals surface area contributed by atoms with Crippen LogP contribution in [0.15, 0.2) is 64.7 Å². The molecule has 212 valence electrons. The summed E-state index contributed by atoms with van der Waals surface area (Å²) in [4.78, 5) is 33.3. The third-order valence-electron chi connectivity index (χ3n) is 9.69. The highest BCUT2D eigenvalue weighted by molar-refractivity contribution is 6.31. The fourth-order valence-electron chi connectivity index (χ4n) is 7.69. The van der Waals surface area contributed by atoms with Crippen LogP contribution >= 0.6 is 23.2 Å². The minimum absolute atomic E-state index is 0.0976. The summed E-state index contributed by atoms with van der Waals surface area (Å²) in [5.41, 5.74) is 8.43. The van der Waals surface area contributed by atoms with Crippen LogP contribution in [0.25, 0.3) is 0 Å². The first kappa shape index (κ1) is 26.7. The highest BCUT2D eigenvalue weighted by atomic mass is 35.5. The normalized spacial score (nSPS) is 32.4. The number of rotatable bonds is 5. The van der Waals surface area contributed by atoms with E-state index in [9.17, 15) is 14.7 Å². The molecule has 2 aromatic carbocycles. The average Bonchev–Trinajstić information content (AvgIpc) is 3.52. The highest BCUT2D eigenvalue weighted by Crippen LogP contribution is 2.60. The van der Waals surface area contributed by atoms with Crippen LogP contribution in [0.4, 0.5) is 15.8 Å². The third kappa shape index (κ3) is 3.91. The van der Waals surface area contributed by atoms with Crippen molar-refractivity contribution in [1.82, 2.24) is 4.90 Å². The molecule has 0 radical (unpaired) electrons. The first-order chi connectivity index (χ1) is 19.7. The lowest BCUT2D eigenvalue weighted by molar-refractivity contribution is -0.131. The number of benzene rings is 2. The summed E-state index contributed by atoms with van der Waals surface area (Å²) in [5.74, 6) is -2.10. The van der Waals surface area contributed by atoms with Crippen LogP contribution in [0.5, 0.6) is 0 Å². The Hall–Kier alpha value is -3.20. The molecule has 5 aliphatic rings. The second-order valence-electron chi connectivity index (χ2n) is 11.7. The molecule has 3 heterocycles. The van der Waals surface area contributed by atoms with E-state index in [1.54, 1.807) is 30.4 Å². The Morgan fingerprint density at radius 2 is 2.02 bits per heavy atom. The van der Waals surface area contributed by atoms with Crippen molar-refractivity contribution in [3.63, 3.8) is 0 Å². The van der Waals surface area contributed by atoms with Crippen molar-refractivity contribution >= 4 is 52.2 Å². The molecule has 0 aromatic heterocycles. The van der Waals surface area contributed by atoms with E-state index in [1.165, 1.54) is 12.1 Å². The molecule has 2 aliphatic carbocycles. The SMILES string of the molecule is Nc1cc(C(=O)O)ccc1C1=NC2[C@H](C3C=CC=C(Cl)C3F)[C@]3(C(=O)Nc4cc(Cl)ccc43)N(CC3CCC3)[C@H]2C1. The predicted molar refractivity (Wildman–Crippen MR) is 157 cm³/mol. The van der Waals surface area contributed by atoms with Crippen LogP contribution in [0, 0.1) is 17.8 Å². The maximum absolute atomic E-state index is 16.1. The number of nitrogens with zero attached hydrogens (tertiary/aromatic N) is 2. The van der Waals surface area contributed by atoms with Gasteiger partial charge in [0.25, 0.3) is 0 Å². The van der Waals surface area contributed by atoms with Crippen LogP contribution in [-0.2, 0) is 10.3 Å². The Bertz CT molecular complexity index is 1570. The predicted octanol–water partition coefficient (Wildman–Crippen LogP) is 5.78. The van der Waals surface area contributed by atoms with Gasteiger partial charge < -0.3 is 16.2 Å². The number of carbonyl (C=O) groups is 2. The number of nitrogen functional groups attached to an aromatic ring is 1. The molecule has 1 spiro atoms. The van der Waals surface area contributed by atoms with Crippen LogP contribution in [0.1, 0.15) is 47.2 Å². The van der Waals surface area contributed by atoms with E-state index in [0.29, 0.717) is 40.8 Å². The first-order valence-electron chi connectivity index (χ1n) is 14.0. The largest absolute Gasteiger partial charge is 0.478 e. The molecule has 4 N–H and O–H groups in total. The quantitative estimate of drug-likeness (QED) is 0.380. The summed E-state index contributed by atoms with van der Waals surface area (Å²) in [7, 11) is 0. The fraction of sp³-hybridized carbons (Fsp3) is 0.387. The van der Waals surface area contributed by atoms with Crippen molar-refractivity contribution in [3.8, 4) is 0 Å². The van der Waals surface area contributed by atoms with Crippen molar-refractivity contribution in [2.45, 2.75) is 49.5 Å². The van der Waals surface area contributed by atoms with Gasteiger partial charge in [-0.15, -0.1) is 0 Å². The Morgan fingerprint density at radius 3 is 2.73 bits per heavy atom. The van der Waals surface area contributed by atoms with Gasteiger partial charge in [0, 0.05) is 64.1 Å². The second kappa shape index (κ2) is 9.68. The van der Waals surface area contributed by atoms with E-state index in [4.69, 9.17) is 33.9 Å². The number of nitrogens with two attached hydrogens (primary N) is 1. The number of carboxylic acids is 1. The number of aromatic carboxylic acids is 1. The molecule has 3 unspecified atom stereocenters. The van der Waals surface area contributed by atoms with E-state index in [2.05, 4.69) is 10.2 Å². The summed E-state index contributed by atoms with van der Waals surface area (Å²) in [5, 5.41) is 13.1. The summed E-state index contributed by atoms with van der Waals surface area (Å²) >= 11 is 12.7. The van der Waals surface area contributed by atoms with Gasteiger partial charge in [-0.25, -0.2) is 9.18 Å². The molecule has 0 bridgehead atoms. The van der Waals surface area contributed by atoms with Gasteiger partial charge in [-0.3, -0.25) is 14.7 Å². The molecule has 10 heteroatoms. The average molecular weight is 596 g/mol. The number of hydrogen-bond donors (Lipinski definition) is 3. The van der Waals surface area contributed by atoms with Crippen LogP contribution in [0.3, 0.4) is 0 Å². The zero-order valence-corrected chi connectivity index (χ0v) is 23.6. The Labute approximate surface area is 246 Å². The molecular formula is C31H29Cl2FN4O3. The monoisotopic (exact) mass is 594 g/mol. The first-order valence-corrected chi connectivity index (χ1v) is 14.7. The smallest absolute Gasteiger partial charge is 0.335 e. The van der Waals surface area contributed by atoms with Crippen molar-refractivity contribution in [1.29, 1.82) is 0 Å². The number of carboxylic acid groups (broad SMARTS) is 1. The number of nitrogens with one attached hydrogen (secondary N) is 1. The van der Waals surface area contributed by atoms with Crippen LogP contribution < -0.4 is 11.1 Å². The van der Waals surface area contributed by atoms with E-state index >= 15 is 4.39 Å². The van der Waals surface area contributed by atoms with Gasteiger partial charge >= 0.3 is 5.97 Å². The lowest BCUT2D eigenvalue weighted by Crippen LogP contribution is -2.56. The number of allylic oxidation sites excluding steroid dienone is 4. The Morgan fingerprint density at radius 1 is 1.22 bits per heavy atom. The van der Waals surface area contributed by atoms with Gasteiger partial charge in [-0.1, -0.05) is 53.9 Å². The Kier molecular flexibility index (Phi) is 6.30. The van der Waals surface area contributed by atoms with E-state index in [-0.39, 0.29) is 22.5 Å². The fourth-order valence-corrected chi connectivity index (χ4v) is 8.08. The lowest BCUT2D eigenvalue weighted by atomic mass is 9.68. The van der Waals surface area contributed by atoms with Crippen molar-refractivity contribution in [2.75, 3.05) is 17.6 Å². The lowest BCUT2D eigenvalue weighted by Gasteiger charge is -2.44. The number of amides is 1. The van der Waals surface area contributed by atoms with Gasteiger partial charge in [-0.2, -0.15) is 0 Å². The maximum Gasteiger partial charge on any atom is 0.335 e. The number of hydrogen-bond acceptors (Lipinski definition) is 5. The number of likely N-dealkylation sites (tertiary alicyclic amines) is 1. The van der Waals surface area contributed by atoms with E-state index in [1.807, 2.05) is 12.1 Å². The van der Waals surface area contributed by atoms with Gasteiger partial charge in [0.1, 0.15) is 11.7 Å². The van der Waals surface area contributed by atoms with E-state index < -0.39 is 35.6 Å². The summed E-state index contributed by atoms with van der Waals surface area (Å²) in [6, 6.07) is 9.47. The number of aliphatic imine (C=N–C) groups is 1. The summed E-state index contributed by atoms with van der Waals surface area (Å²) < 4.78 is 16.1. The number of fused-ring (bicyclic) bond motifs is 3. The zero-order valence-electron chi connectivity index (χ0n) is 22.1. The zero-order chi connectivity index (χ0) is 28.6. The molecule has 1 saturated heterocycles. The second-order valence-corrected chi connectivity index (χ2v) is 12.6. The highest BCUT2D eigenvalue weighted by Gasteiger charge is 2.70. The number of halogens is 3. The van der Waals surface area contributed by atoms with Gasteiger partial charge in [0.15, 0.2) is 0 Å². The molecular weight excluding hydrogens is 566 g/mol. The molecule has 1 saturated carbocycles. The summed E-state index contributed by atoms with van der Waals surface area (Å²) in [6.45, 7) is 0.681. The van der Waals surface area contributed by atoms with Crippen LogP contribution in [-0.4, -0.2) is 52.4 Å². The van der Waals surface area contributed by atoms with Crippen molar-refractivity contribution in [3.05, 3.63) is 81.4 Å². The standard InChI is InChI=1S/C31H29Cl2FN4O3/c32-17-8-10-20-24(12-17)37-30(41)31(20)26(19-5-2-6-21(33)27(19)34)28-25(38(31)14-15-3-1-4-15)13-23(36-28)18-9-7-16(29(39)40)11-22(18)35/h2,5-12,15,19,25-28H,1,3-4,13-14,35H2,(H,37,41)(H,39,40)/t19?,25-,26-,27?,28?,31+/m0/s1. The van der Waals surface area contributed by atoms with Crippen molar-refractivity contribution < 1.29 is 19.1 Å². The number of alkyl halides is 1. The topological polar surface area (TPSA) is 108 Å². The Balaban J connectivity index is 1.41.